The molecule has 1 unspecified atom stereocenters. The lowest BCUT2D eigenvalue weighted by Crippen LogP contribution is -2.30. The van der Waals surface area contributed by atoms with Crippen molar-refractivity contribution in [3.8, 4) is 0 Å². The van der Waals surface area contributed by atoms with Gasteiger partial charge in [0.2, 0.25) is 0 Å². The largest absolute Gasteiger partial charge is 0.500 e. The van der Waals surface area contributed by atoms with Crippen LogP contribution in [-0.2, 0) is 17.3 Å². The molecule has 0 heterocycles. The molecule has 1 rings (SSSR count). The number of halogens is 3. The summed E-state index contributed by atoms with van der Waals surface area (Å²) in [7, 11) is 0. The summed E-state index contributed by atoms with van der Waals surface area (Å²) in [6, 6.07) is 5.49. The molecule has 0 saturated carbocycles. The van der Waals surface area contributed by atoms with E-state index in [1.165, 1.54) is 18.4 Å². The average molecular weight is 273 g/mol. The third-order valence-electron chi connectivity index (χ3n) is 2.63. The standard InChI is InChI=1S/C14H18F3NO/c1-3-19-8-7-18-11(2)9-12-5-4-6-13(10-12)14(15,16)17/h3-6,10-11,18H,1,7-9H2,2H3. The minimum Gasteiger partial charge on any atom is -0.500 e. The number of hydrogen-bond acceptors (Lipinski definition) is 2. The van der Waals surface area contributed by atoms with E-state index < -0.39 is 11.7 Å². The van der Waals surface area contributed by atoms with E-state index in [0.717, 1.165) is 6.07 Å². The topological polar surface area (TPSA) is 21.3 Å². The second-order valence-electron chi connectivity index (χ2n) is 4.29. The molecule has 1 aromatic rings. The van der Waals surface area contributed by atoms with Crippen LogP contribution < -0.4 is 5.32 Å². The fraction of sp³-hybridized carbons (Fsp3) is 0.429. The summed E-state index contributed by atoms with van der Waals surface area (Å²) in [5.74, 6) is 0. The van der Waals surface area contributed by atoms with Gasteiger partial charge in [-0.25, -0.2) is 0 Å². The summed E-state index contributed by atoms with van der Waals surface area (Å²) in [6.07, 6.45) is -2.39. The van der Waals surface area contributed by atoms with E-state index in [-0.39, 0.29) is 6.04 Å². The molecule has 0 aliphatic heterocycles. The first-order chi connectivity index (χ1) is 8.93. The summed E-state index contributed by atoms with van der Waals surface area (Å²) in [6.45, 7) is 6.47. The molecule has 0 bridgehead atoms. The molecule has 0 saturated heterocycles. The first-order valence-electron chi connectivity index (χ1n) is 6.05. The molecule has 19 heavy (non-hydrogen) atoms. The van der Waals surface area contributed by atoms with Crippen LogP contribution in [-0.4, -0.2) is 19.2 Å². The van der Waals surface area contributed by atoms with Gasteiger partial charge in [0.15, 0.2) is 0 Å². The van der Waals surface area contributed by atoms with Gasteiger partial charge in [-0.3, -0.25) is 0 Å². The van der Waals surface area contributed by atoms with Gasteiger partial charge in [0.1, 0.15) is 0 Å². The second-order valence-corrected chi connectivity index (χ2v) is 4.29. The molecule has 1 atom stereocenters. The van der Waals surface area contributed by atoms with Crippen molar-refractivity contribution >= 4 is 0 Å². The van der Waals surface area contributed by atoms with Crippen molar-refractivity contribution in [1.29, 1.82) is 0 Å². The monoisotopic (exact) mass is 273 g/mol. The van der Waals surface area contributed by atoms with E-state index in [9.17, 15) is 13.2 Å². The lowest BCUT2D eigenvalue weighted by molar-refractivity contribution is -0.137. The van der Waals surface area contributed by atoms with Gasteiger partial charge in [0.25, 0.3) is 0 Å². The minimum absolute atomic E-state index is 0.0805. The molecule has 2 nitrogen and oxygen atoms in total. The lowest BCUT2D eigenvalue weighted by atomic mass is 10.0. The second kappa shape index (κ2) is 7.19. The van der Waals surface area contributed by atoms with Gasteiger partial charge in [0, 0.05) is 12.6 Å². The Hall–Kier alpha value is -1.49. The van der Waals surface area contributed by atoms with Gasteiger partial charge in [-0.1, -0.05) is 24.8 Å². The third-order valence-corrected chi connectivity index (χ3v) is 2.63. The van der Waals surface area contributed by atoms with E-state index in [2.05, 4.69) is 11.9 Å². The quantitative estimate of drug-likeness (QED) is 0.607. The number of ether oxygens (including phenoxy) is 1. The van der Waals surface area contributed by atoms with E-state index >= 15 is 0 Å². The van der Waals surface area contributed by atoms with Crippen molar-refractivity contribution in [1.82, 2.24) is 5.32 Å². The Morgan fingerprint density at radius 3 is 2.79 bits per heavy atom. The molecular formula is C14H18F3NO. The van der Waals surface area contributed by atoms with Crippen LogP contribution in [0.25, 0.3) is 0 Å². The molecule has 106 valence electrons. The van der Waals surface area contributed by atoms with Gasteiger partial charge in [-0.15, -0.1) is 0 Å². The van der Waals surface area contributed by atoms with E-state index in [4.69, 9.17) is 4.74 Å². The Bertz CT molecular complexity index is 404. The fourth-order valence-electron chi connectivity index (χ4n) is 1.75. The molecular weight excluding hydrogens is 255 g/mol. The van der Waals surface area contributed by atoms with Crippen molar-refractivity contribution in [3.05, 3.63) is 48.2 Å². The highest BCUT2D eigenvalue weighted by atomic mass is 19.4. The van der Waals surface area contributed by atoms with Crippen LogP contribution in [0.3, 0.4) is 0 Å². The van der Waals surface area contributed by atoms with Crippen molar-refractivity contribution in [2.24, 2.45) is 0 Å². The van der Waals surface area contributed by atoms with Crippen LogP contribution >= 0.6 is 0 Å². The normalized spacial score (nSPS) is 13.1. The van der Waals surface area contributed by atoms with Crippen LogP contribution in [0.2, 0.25) is 0 Å². The molecule has 0 fully saturated rings. The first-order valence-corrected chi connectivity index (χ1v) is 6.05. The molecule has 0 aromatic heterocycles. The molecule has 0 aliphatic carbocycles. The molecule has 5 heteroatoms. The third kappa shape index (κ3) is 5.79. The SMILES string of the molecule is C=COCCNC(C)Cc1cccc(C(F)(F)F)c1. The van der Waals surface area contributed by atoms with Crippen LogP contribution in [0.4, 0.5) is 13.2 Å². The maximum atomic E-state index is 12.6. The highest BCUT2D eigenvalue weighted by Gasteiger charge is 2.30. The molecule has 0 aliphatic rings. The molecule has 0 spiro atoms. The van der Waals surface area contributed by atoms with Crippen LogP contribution in [0, 0.1) is 0 Å². The summed E-state index contributed by atoms with van der Waals surface area (Å²) >= 11 is 0. The zero-order chi connectivity index (χ0) is 14.3. The van der Waals surface area contributed by atoms with Crippen LogP contribution in [0.1, 0.15) is 18.1 Å². The molecule has 0 radical (unpaired) electrons. The van der Waals surface area contributed by atoms with Gasteiger partial charge in [-0.2, -0.15) is 13.2 Å². The summed E-state index contributed by atoms with van der Waals surface area (Å²) in [4.78, 5) is 0. The van der Waals surface area contributed by atoms with Gasteiger partial charge < -0.3 is 10.1 Å². The Morgan fingerprint density at radius 2 is 2.16 bits per heavy atom. The van der Waals surface area contributed by atoms with E-state index in [1.807, 2.05) is 6.92 Å². The van der Waals surface area contributed by atoms with Crippen LogP contribution in [0.5, 0.6) is 0 Å². The fourth-order valence-corrected chi connectivity index (χ4v) is 1.75. The van der Waals surface area contributed by atoms with Crippen molar-refractivity contribution in [2.45, 2.75) is 25.6 Å². The van der Waals surface area contributed by atoms with Gasteiger partial charge >= 0.3 is 6.18 Å². The van der Waals surface area contributed by atoms with E-state index in [0.29, 0.717) is 25.1 Å². The minimum atomic E-state index is -4.29. The first kappa shape index (κ1) is 15.6. The Balaban J connectivity index is 2.50. The summed E-state index contributed by atoms with van der Waals surface area (Å²) in [5, 5.41) is 3.17. The number of alkyl halides is 3. The molecule has 1 N–H and O–H groups in total. The highest BCUT2D eigenvalue weighted by Crippen LogP contribution is 2.29. The zero-order valence-electron chi connectivity index (χ0n) is 10.8. The Kier molecular flexibility index (Phi) is 5.89. The number of hydrogen-bond donors (Lipinski definition) is 1. The smallest absolute Gasteiger partial charge is 0.416 e. The van der Waals surface area contributed by atoms with Crippen molar-refractivity contribution < 1.29 is 17.9 Å². The van der Waals surface area contributed by atoms with Crippen molar-refractivity contribution in [3.63, 3.8) is 0 Å². The average Bonchev–Trinajstić information content (AvgIpc) is 2.34. The van der Waals surface area contributed by atoms with Crippen molar-refractivity contribution in [2.75, 3.05) is 13.2 Å². The zero-order valence-corrected chi connectivity index (χ0v) is 10.8. The lowest BCUT2D eigenvalue weighted by Gasteiger charge is -2.15. The Morgan fingerprint density at radius 1 is 1.42 bits per heavy atom. The Labute approximate surface area is 111 Å². The predicted molar refractivity (Wildman–Crippen MR) is 68.8 cm³/mol. The number of rotatable bonds is 7. The summed E-state index contributed by atoms with van der Waals surface area (Å²) in [5.41, 5.74) is 0.0617. The molecule has 1 aromatic carbocycles. The maximum absolute atomic E-state index is 12.6. The number of nitrogens with one attached hydrogen (secondary N) is 1. The predicted octanol–water partition coefficient (Wildman–Crippen LogP) is 3.39. The van der Waals surface area contributed by atoms with Gasteiger partial charge in [0.05, 0.1) is 18.4 Å². The number of benzene rings is 1. The van der Waals surface area contributed by atoms with Crippen LogP contribution in [0.15, 0.2) is 37.1 Å². The highest BCUT2D eigenvalue weighted by molar-refractivity contribution is 5.26. The maximum Gasteiger partial charge on any atom is 0.416 e. The van der Waals surface area contributed by atoms with E-state index in [1.54, 1.807) is 6.07 Å². The molecule has 0 amide bonds. The summed E-state index contributed by atoms with van der Waals surface area (Å²) < 4.78 is 42.6. The van der Waals surface area contributed by atoms with Gasteiger partial charge in [-0.05, 0) is 25.0 Å².